The van der Waals surface area contributed by atoms with Gasteiger partial charge in [0.2, 0.25) is 0 Å². The molecule has 0 amide bonds. The Morgan fingerprint density at radius 3 is 2.56 bits per heavy atom. The van der Waals surface area contributed by atoms with Crippen LogP contribution in [0.1, 0.15) is 39.2 Å². The van der Waals surface area contributed by atoms with Crippen molar-refractivity contribution in [2.45, 2.75) is 39.2 Å². The summed E-state index contributed by atoms with van der Waals surface area (Å²) in [6.07, 6.45) is 1.31. The molecule has 1 rings (SSSR count). The van der Waals surface area contributed by atoms with Gasteiger partial charge < -0.3 is 15.1 Å². The summed E-state index contributed by atoms with van der Waals surface area (Å²) >= 11 is 0. The van der Waals surface area contributed by atoms with Crippen LogP contribution in [0.2, 0.25) is 0 Å². The van der Waals surface area contributed by atoms with E-state index in [-0.39, 0.29) is 6.61 Å². The predicted octanol–water partition coefficient (Wildman–Crippen LogP) is 2.81. The second-order valence-electron chi connectivity index (χ2n) is 4.43. The fourth-order valence-electron chi connectivity index (χ4n) is 1.54. The molecule has 0 heterocycles. The summed E-state index contributed by atoms with van der Waals surface area (Å²) in [5.74, 6) is 0.663. The maximum Gasteiger partial charge on any atom is 0.120 e. The van der Waals surface area contributed by atoms with Gasteiger partial charge in [-0.25, -0.2) is 0 Å². The summed E-state index contributed by atoms with van der Waals surface area (Å²) < 4.78 is 5.60. The maximum absolute atomic E-state index is 10.1. The van der Waals surface area contributed by atoms with Gasteiger partial charge in [0.25, 0.3) is 0 Å². The Morgan fingerprint density at radius 1 is 1.33 bits per heavy atom. The van der Waals surface area contributed by atoms with E-state index in [0.29, 0.717) is 24.3 Å². The number of aliphatic hydroxyl groups is 1. The van der Waals surface area contributed by atoms with Gasteiger partial charge in [-0.3, -0.25) is 0 Å². The van der Waals surface area contributed by atoms with Gasteiger partial charge in [0.15, 0.2) is 0 Å². The summed E-state index contributed by atoms with van der Waals surface area (Å²) in [5, 5.41) is 22.0. The molecule has 0 atom stereocenters. The molecule has 0 aliphatic heterocycles. The maximum atomic E-state index is 10.1. The van der Waals surface area contributed by atoms with E-state index in [1.54, 1.807) is 13.0 Å². The minimum Gasteiger partial charge on any atom is -0.491 e. The van der Waals surface area contributed by atoms with E-state index < -0.39 is 5.60 Å². The van der Waals surface area contributed by atoms with Crippen molar-refractivity contribution >= 4 is 5.71 Å². The van der Waals surface area contributed by atoms with Crippen LogP contribution in [0.4, 0.5) is 0 Å². The van der Waals surface area contributed by atoms with Crippen LogP contribution in [0.5, 0.6) is 5.75 Å². The average Bonchev–Trinajstić information content (AvgIpc) is 2.44. The monoisotopic (exact) mass is 251 g/mol. The third-order valence-electron chi connectivity index (χ3n) is 3.23. The van der Waals surface area contributed by atoms with E-state index in [4.69, 9.17) is 9.94 Å². The summed E-state index contributed by atoms with van der Waals surface area (Å²) in [5.41, 5.74) is 0.545. The van der Waals surface area contributed by atoms with Gasteiger partial charge in [0.1, 0.15) is 12.4 Å². The van der Waals surface area contributed by atoms with Gasteiger partial charge in [0.05, 0.1) is 11.3 Å². The Hall–Kier alpha value is -1.55. The van der Waals surface area contributed by atoms with E-state index >= 15 is 0 Å². The minimum atomic E-state index is -0.782. The third kappa shape index (κ3) is 3.74. The predicted molar refractivity (Wildman–Crippen MR) is 71.5 cm³/mol. The number of ether oxygens (including phenoxy) is 1. The first-order chi connectivity index (χ1) is 8.54. The molecule has 0 unspecified atom stereocenters. The van der Waals surface area contributed by atoms with Gasteiger partial charge in [-0.15, -0.1) is 0 Å². The van der Waals surface area contributed by atoms with Crippen LogP contribution in [0, 0.1) is 0 Å². The molecule has 0 radical (unpaired) electrons. The molecular formula is C14H21NO3. The first-order valence-electron chi connectivity index (χ1n) is 6.19. The van der Waals surface area contributed by atoms with Gasteiger partial charge in [0, 0.05) is 5.56 Å². The third-order valence-corrected chi connectivity index (χ3v) is 3.23. The molecule has 2 N–H and O–H groups in total. The number of oxime groups is 1. The van der Waals surface area contributed by atoms with Gasteiger partial charge in [-0.05, 0) is 31.9 Å². The molecule has 1 aromatic rings. The van der Waals surface area contributed by atoms with Crippen LogP contribution in [0.15, 0.2) is 29.4 Å². The zero-order valence-electron chi connectivity index (χ0n) is 11.2. The lowest BCUT2D eigenvalue weighted by Gasteiger charge is -2.25. The van der Waals surface area contributed by atoms with Crippen molar-refractivity contribution in [1.82, 2.24) is 0 Å². The molecule has 0 aromatic heterocycles. The zero-order chi connectivity index (χ0) is 13.6. The fourth-order valence-corrected chi connectivity index (χ4v) is 1.54. The summed E-state index contributed by atoms with van der Waals surface area (Å²) in [6, 6.07) is 7.28. The molecule has 0 saturated carbocycles. The highest BCUT2D eigenvalue weighted by Gasteiger charge is 2.23. The van der Waals surface area contributed by atoms with E-state index in [0.717, 1.165) is 5.56 Å². The lowest BCUT2D eigenvalue weighted by Crippen LogP contribution is -2.34. The van der Waals surface area contributed by atoms with Gasteiger partial charge in [-0.1, -0.05) is 31.1 Å². The van der Waals surface area contributed by atoms with Crippen molar-refractivity contribution in [3.8, 4) is 5.75 Å². The van der Waals surface area contributed by atoms with Crippen molar-refractivity contribution in [2.75, 3.05) is 6.61 Å². The van der Waals surface area contributed by atoms with E-state index in [2.05, 4.69) is 5.16 Å². The summed E-state index contributed by atoms with van der Waals surface area (Å²) in [6.45, 7) is 5.85. The smallest absolute Gasteiger partial charge is 0.120 e. The first kappa shape index (κ1) is 14.5. The lowest BCUT2D eigenvalue weighted by molar-refractivity contribution is -0.0113. The number of hydrogen-bond acceptors (Lipinski definition) is 4. The van der Waals surface area contributed by atoms with Crippen molar-refractivity contribution in [2.24, 2.45) is 5.16 Å². The molecule has 0 saturated heterocycles. The number of nitrogens with zero attached hydrogens (tertiary/aromatic N) is 1. The average molecular weight is 251 g/mol. The Morgan fingerprint density at radius 2 is 2.00 bits per heavy atom. The van der Waals surface area contributed by atoms with E-state index in [9.17, 15) is 5.11 Å². The highest BCUT2D eigenvalue weighted by molar-refractivity contribution is 5.98. The second-order valence-corrected chi connectivity index (χ2v) is 4.43. The van der Waals surface area contributed by atoms with Gasteiger partial charge >= 0.3 is 0 Å². The summed E-state index contributed by atoms with van der Waals surface area (Å²) in [7, 11) is 0. The molecule has 0 bridgehead atoms. The highest BCUT2D eigenvalue weighted by Crippen LogP contribution is 2.19. The molecule has 4 heteroatoms. The number of benzene rings is 1. The Balaban J connectivity index is 2.74. The van der Waals surface area contributed by atoms with Crippen molar-refractivity contribution in [3.05, 3.63) is 29.8 Å². The Labute approximate surface area is 108 Å². The number of rotatable bonds is 6. The zero-order valence-corrected chi connectivity index (χ0v) is 11.2. The van der Waals surface area contributed by atoms with Gasteiger partial charge in [-0.2, -0.15) is 0 Å². The summed E-state index contributed by atoms with van der Waals surface area (Å²) in [4.78, 5) is 0. The standard InChI is InChI=1S/C14H21NO3/c1-4-14(16,5-2)10-18-13-8-6-7-12(9-13)11(3)15-17/h6-9,16-17H,4-5,10H2,1-3H3/b15-11+. The molecule has 0 fully saturated rings. The quantitative estimate of drug-likeness (QED) is 0.464. The normalized spacial score (nSPS) is 12.6. The molecule has 0 aliphatic carbocycles. The largest absolute Gasteiger partial charge is 0.491 e. The van der Waals surface area contributed by atoms with Crippen molar-refractivity contribution in [3.63, 3.8) is 0 Å². The molecular weight excluding hydrogens is 230 g/mol. The molecule has 18 heavy (non-hydrogen) atoms. The first-order valence-corrected chi connectivity index (χ1v) is 6.19. The Kier molecular flexibility index (Phi) is 5.16. The van der Waals surface area contributed by atoms with Crippen molar-refractivity contribution in [1.29, 1.82) is 0 Å². The van der Waals surface area contributed by atoms with Crippen LogP contribution in [0.3, 0.4) is 0 Å². The van der Waals surface area contributed by atoms with Crippen LogP contribution in [0.25, 0.3) is 0 Å². The number of hydrogen-bond donors (Lipinski definition) is 2. The molecule has 4 nitrogen and oxygen atoms in total. The molecule has 1 aromatic carbocycles. The highest BCUT2D eigenvalue weighted by atomic mass is 16.5. The molecule has 100 valence electrons. The fraction of sp³-hybridized carbons (Fsp3) is 0.500. The molecule has 0 spiro atoms. The van der Waals surface area contributed by atoms with E-state index in [1.807, 2.05) is 32.0 Å². The molecule has 0 aliphatic rings. The van der Waals surface area contributed by atoms with Crippen LogP contribution >= 0.6 is 0 Å². The van der Waals surface area contributed by atoms with E-state index in [1.165, 1.54) is 0 Å². The topological polar surface area (TPSA) is 62.0 Å². The Bertz CT molecular complexity index is 411. The second kappa shape index (κ2) is 6.40. The van der Waals surface area contributed by atoms with Crippen molar-refractivity contribution < 1.29 is 15.1 Å². The SMILES string of the molecule is CCC(O)(CC)COc1cccc(/C(C)=N/O)c1. The van der Waals surface area contributed by atoms with Crippen LogP contribution in [-0.4, -0.2) is 28.2 Å². The lowest BCUT2D eigenvalue weighted by atomic mass is 9.99. The van der Waals surface area contributed by atoms with Crippen LogP contribution in [-0.2, 0) is 0 Å². The minimum absolute atomic E-state index is 0.263. The van der Waals surface area contributed by atoms with Crippen LogP contribution < -0.4 is 4.74 Å².